The number of rotatable bonds is 9. The van der Waals surface area contributed by atoms with Gasteiger partial charge in [-0.1, -0.05) is 55.8 Å². The quantitative estimate of drug-likeness (QED) is 0.488. The molecule has 8 heteroatoms. The van der Waals surface area contributed by atoms with Crippen LogP contribution in [-0.2, 0) is 4.79 Å². The van der Waals surface area contributed by atoms with Crippen LogP contribution in [0, 0.1) is 5.95 Å². The van der Waals surface area contributed by atoms with Crippen LogP contribution in [0.5, 0.6) is 5.88 Å². The fourth-order valence-corrected chi connectivity index (χ4v) is 2.42. The van der Waals surface area contributed by atoms with Crippen molar-refractivity contribution in [2.24, 2.45) is 0 Å². The second-order valence-corrected chi connectivity index (χ2v) is 6.31. The van der Waals surface area contributed by atoms with Crippen LogP contribution in [0.25, 0.3) is 0 Å². The van der Waals surface area contributed by atoms with E-state index >= 15 is 0 Å². The summed E-state index contributed by atoms with van der Waals surface area (Å²) in [5.74, 6) is -2.61. The molecule has 0 fully saturated rings. The van der Waals surface area contributed by atoms with Crippen molar-refractivity contribution in [3.8, 4) is 5.88 Å². The highest BCUT2D eigenvalue weighted by Gasteiger charge is 2.37. The van der Waals surface area contributed by atoms with Crippen LogP contribution in [0.4, 0.5) is 10.1 Å². The molecule has 1 aromatic rings. The number of anilines is 1. The number of hydrogen-bond donors (Lipinski definition) is 2. The molecule has 0 saturated heterocycles. The minimum atomic E-state index is -1.57. The first kappa shape index (κ1) is 19.8. The third-order valence-electron chi connectivity index (χ3n) is 3.57. The smallest absolute Gasteiger partial charge is 0.347 e. The van der Waals surface area contributed by atoms with Crippen LogP contribution >= 0.6 is 23.2 Å². The third kappa shape index (κ3) is 5.11. The highest BCUT2D eigenvalue weighted by Crippen LogP contribution is 2.37. The summed E-state index contributed by atoms with van der Waals surface area (Å²) in [7, 11) is 0. The Bertz CT molecular complexity index is 572. The fourth-order valence-electron chi connectivity index (χ4n) is 2.06. The van der Waals surface area contributed by atoms with Gasteiger partial charge in [0.1, 0.15) is 10.0 Å². The molecule has 23 heavy (non-hydrogen) atoms. The second-order valence-electron chi connectivity index (χ2n) is 5.55. The van der Waals surface area contributed by atoms with Gasteiger partial charge in [0, 0.05) is 0 Å². The van der Waals surface area contributed by atoms with Crippen molar-refractivity contribution in [3.63, 3.8) is 0 Å². The molecule has 0 aromatic carbocycles. The zero-order chi connectivity index (χ0) is 17.6. The Morgan fingerprint density at radius 1 is 1.30 bits per heavy atom. The highest BCUT2D eigenvalue weighted by molar-refractivity contribution is 6.39. The van der Waals surface area contributed by atoms with Crippen molar-refractivity contribution in [2.75, 3.05) is 5.73 Å². The lowest BCUT2D eigenvalue weighted by Gasteiger charge is -2.26. The normalized spacial score (nSPS) is 13.6. The molecule has 3 N–H and O–H groups in total. The molecule has 0 aliphatic heterocycles. The number of nitrogens with zero attached hydrogens (tertiary/aromatic N) is 1. The maximum atomic E-state index is 13.6. The van der Waals surface area contributed by atoms with Gasteiger partial charge in [-0.3, -0.25) is 0 Å². The molecule has 1 atom stereocenters. The minimum Gasteiger partial charge on any atom is -0.478 e. The van der Waals surface area contributed by atoms with Gasteiger partial charge in [0.25, 0.3) is 0 Å². The summed E-state index contributed by atoms with van der Waals surface area (Å²) in [6, 6.07) is 0. The molecule has 5 nitrogen and oxygen atoms in total. The van der Waals surface area contributed by atoms with E-state index in [2.05, 4.69) is 11.9 Å². The number of halogens is 3. The molecule has 0 amide bonds. The van der Waals surface area contributed by atoms with Crippen molar-refractivity contribution in [2.45, 2.75) is 58.0 Å². The van der Waals surface area contributed by atoms with Gasteiger partial charge in [-0.05, 0) is 19.8 Å². The summed E-state index contributed by atoms with van der Waals surface area (Å²) in [5, 5.41) is 8.82. The zero-order valence-corrected chi connectivity index (χ0v) is 14.7. The van der Waals surface area contributed by atoms with E-state index in [1.165, 1.54) is 6.92 Å². The second kappa shape index (κ2) is 8.55. The van der Waals surface area contributed by atoms with Gasteiger partial charge in [0.15, 0.2) is 0 Å². The van der Waals surface area contributed by atoms with Gasteiger partial charge < -0.3 is 15.6 Å². The van der Waals surface area contributed by atoms with Crippen molar-refractivity contribution in [3.05, 3.63) is 16.0 Å². The van der Waals surface area contributed by atoms with Crippen LogP contribution in [0.15, 0.2) is 0 Å². The van der Waals surface area contributed by atoms with Crippen LogP contribution in [0.3, 0.4) is 0 Å². The molecule has 0 saturated carbocycles. The van der Waals surface area contributed by atoms with E-state index in [-0.39, 0.29) is 23.0 Å². The van der Waals surface area contributed by atoms with E-state index in [9.17, 15) is 14.3 Å². The molecular formula is C15H21Cl2FN2O3. The number of aliphatic carboxylic acids is 1. The van der Waals surface area contributed by atoms with Crippen LogP contribution < -0.4 is 10.5 Å². The Balaban J connectivity index is 2.89. The van der Waals surface area contributed by atoms with E-state index in [1.54, 1.807) is 0 Å². The number of carboxylic acid groups (broad SMARTS) is 1. The van der Waals surface area contributed by atoms with Crippen LogP contribution in [0.2, 0.25) is 10.0 Å². The first-order chi connectivity index (χ1) is 10.7. The fraction of sp³-hybridized carbons (Fsp3) is 0.600. The summed E-state index contributed by atoms with van der Waals surface area (Å²) in [5.41, 5.74) is 3.76. The lowest BCUT2D eigenvalue weighted by molar-refractivity contribution is -0.154. The summed E-state index contributed by atoms with van der Waals surface area (Å²) >= 11 is 11.5. The van der Waals surface area contributed by atoms with Crippen molar-refractivity contribution in [1.29, 1.82) is 0 Å². The Labute approximate surface area is 144 Å². The Morgan fingerprint density at radius 3 is 2.48 bits per heavy atom. The third-order valence-corrected chi connectivity index (χ3v) is 4.30. The molecule has 0 bridgehead atoms. The molecule has 1 aromatic heterocycles. The first-order valence-electron chi connectivity index (χ1n) is 7.45. The summed E-state index contributed by atoms with van der Waals surface area (Å²) in [6.07, 6.45) is 5.00. The summed E-state index contributed by atoms with van der Waals surface area (Å²) in [4.78, 5) is 15.0. The molecular weight excluding hydrogens is 346 g/mol. The predicted molar refractivity (Wildman–Crippen MR) is 88.7 cm³/mol. The molecule has 0 aliphatic rings. The largest absolute Gasteiger partial charge is 0.478 e. The topological polar surface area (TPSA) is 85.4 Å². The monoisotopic (exact) mass is 366 g/mol. The number of carboxylic acids is 1. The minimum absolute atomic E-state index is 0.199. The van der Waals surface area contributed by atoms with Crippen molar-refractivity contribution in [1.82, 2.24) is 4.98 Å². The number of aromatic nitrogens is 1. The maximum Gasteiger partial charge on any atom is 0.347 e. The highest BCUT2D eigenvalue weighted by atomic mass is 35.5. The number of pyridine rings is 1. The summed E-state index contributed by atoms with van der Waals surface area (Å²) < 4.78 is 19.0. The molecule has 0 spiro atoms. The molecule has 130 valence electrons. The van der Waals surface area contributed by atoms with Crippen LogP contribution in [0.1, 0.15) is 52.4 Å². The lowest BCUT2D eigenvalue weighted by atomic mass is 9.97. The van der Waals surface area contributed by atoms with Gasteiger partial charge in [-0.15, -0.1) is 0 Å². The Kier molecular flexibility index (Phi) is 7.35. The zero-order valence-electron chi connectivity index (χ0n) is 13.2. The molecule has 1 unspecified atom stereocenters. The van der Waals surface area contributed by atoms with Gasteiger partial charge in [0.05, 0.1) is 5.69 Å². The number of hydrogen-bond acceptors (Lipinski definition) is 4. The van der Waals surface area contributed by atoms with E-state index in [1.807, 2.05) is 0 Å². The standard InChI is InChI=1S/C15H21Cl2FN2O3/c1-3-4-5-6-7-8-15(2,14(21)22)23-13-10(17)11(19)9(16)12(18)20-13/h3-8H2,1-2H3,(H2,19,20)(H,21,22). The average Bonchev–Trinajstić information content (AvgIpc) is 2.50. The lowest BCUT2D eigenvalue weighted by Crippen LogP contribution is -2.41. The predicted octanol–water partition coefficient (Wildman–Crippen LogP) is 4.69. The number of unbranched alkanes of at least 4 members (excludes halogenated alkanes) is 4. The SMILES string of the molecule is CCCCCCCC(C)(Oc1nc(F)c(Cl)c(N)c1Cl)C(=O)O. The number of nitrogen functional groups attached to an aromatic ring is 1. The number of nitrogens with two attached hydrogens (primary N) is 1. The summed E-state index contributed by atoms with van der Waals surface area (Å²) in [6.45, 7) is 3.49. The van der Waals surface area contributed by atoms with E-state index in [0.29, 0.717) is 6.42 Å². The first-order valence-corrected chi connectivity index (χ1v) is 8.21. The number of ether oxygens (including phenoxy) is 1. The Hall–Kier alpha value is -1.27. The number of carbonyl (C=O) groups is 1. The molecule has 0 aliphatic carbocycles. The van der Waals surface area contributed by atoms with E-state index < -0.39 is 22.5 Å². The van der Waals surface area contributed by atoms with Crippen molar-refractivity contribution < 1.29 is 19.0 Å². The average molecular weight is 367 g/mol. The molecule has 0 radical (unpaired) electrons. The maximum absolute atomic E-state index is 13.6. The molecule has 1 heterocycles. The van der Waals surface area contributed by atoms with Crippen LogP contribution in [-0.4, -0.2) is 21.7 Å². The van der Waals surface area contributed by atoms with Gasteiger partial charge in [0.2, 0.25) is 17.4 Å². The van der Waals surface area contributed by atoms with Gasteiger partial charge >= 0.3 is 5.97 Å². The van der Waals surface area contributed by atoms with E-state index in [4.69, 9.17) is 33.7 Å². The van der Waals surface area contributed by atoms with Gasteiger partial charge in [-0.2, -0.15) is 9.37 Å². The Morgan fingerprint density at radius 2 is 1.91 bits per heavy atom. The van der Waals surface area contributed by atoms with E-state index in [0.717, 1.165) is 25.7 Å². The van der Waals surface area contributed by atoms with Gasteiger partial charge in [-0.25, -0.2) is 4.79 Å². The van der Waals surface area contributed by atoms with Crippen molar-refractivity contribution >= 4 is 34.9 Å². The molecule has 1 rings (SSSR count).